The molecular weight excluding hydrogens is 306 g/mol. The number of nitrogens with one attached hydrogen (secondary N) is 1. The summed E-state index contributed by atoms with van der Waals surface area (Å²) in [6, 6.07) is 3.48. The van der Waals surface area contributed by atoms with Crippen LogP contribution < -0.4 is 21.7 Å². The van der Waals surface area contributed by atoms with E-state index in [2.05, 4.69) is 20.3 Å². The summed E-state index contributed by atoms with van der Waals surface area (Å²) in [5, 5.41) is 2.72. The molecule has 8 heteroatoms. The minimum Gasteiger partial charge on any atom is -0.383 e. The molecule has 0 aromatic carbocycles. The molecule has 1 aliphatic rings. The first-order chi connectivity index (χ1) is 11.4. The zero-order chi connectivity index (χ0) is 17.2. The lowest BCUT2D eigenvalue weighted by Crippen LogP contribution is -2.48. The van der Waals surface area contributed by atoms with Gasteiger partial charge in [-0.1, -0.05) is 0 Å². The molecule has 0 spiro atoms. The van der Waals surface area contributed by atoms with Crippen LogP contribution in [-0.4, -0.2) is 39.5 Å². The van der Waals surface area contributed by atoms with Crippen LogP contribution in [0.5, 0.6) is 0 Å². The van der Waals surface area contributed by atoms with E-state index in [9.17, 15) is 4.79 Å². The number of rotatable bonds is 3. The Bertz CT molecular complexity index is 722. The van der Waals surface area contributed by atoms with E-state index in [-0.39, 0.29) is 22.8 Å². The van der Waals surface area contributed by atoms with Crippen molar-refractivity contribution in [3.05, 3.63) is 36.3 Å². The van der Waals surface area contributed by atoms with Gasteiger partial charge >= 0.3 is 0 Å². The molecule has 0 unspecified atom stereocenters. The summed E-state index contributed by atoms with van der Waals surface area (Å²) in [5.41, 5.74) is 12.8. The van der Waals surface area contributed by atoms with Gasteiger partial charge in [0.05, 0.1) is 11.9 Å². The van der Waals surface area contributed by atoms with Gasteiger partial charge in [-0.25, -0.2) is 4.98 Å². The van der Waals surface area contributed by atoms with Crippen molar-refractivity contribution in [3.63, 3.8) is 0 Å². The third-order valence-corrected chi connectivity index (χ3v) is 4.16. The highest BCUT2D eigenvalue weighted by Crippen LogP contribution is 2.23. The predicted octanol–water partition coefficient (Wildman–Crippen LogP) is 1.02. The monoisotopic (exact) mass is 327 g/mol. The molecule has 3 rings (SSSR count). The van der Waals surface area contributed by atoms with Gasteiger partial charge in [-0.2, -0.15) is 4.98 Å². The van der Waals surface area contributed by atoms with E-state index >= 15 is 0 Å². The van der Waals surface area contributed by atoms with E-state index in [1.807, 2.05) is 11.8 Å². The van der Waals surface area contributed by atoms with Crippen molar-refractivity contribution in [3.8, 4) is 0 Å². The van der Waals surface area contributed by atoms with Gasteiger partial charge in [0.25, 0.3) is 5.91 Å². The number of anilines is 3. The maximum atomic E-state index is 12.3. The molecule has 3 heterocycles. The molecule has 8 nitrogen and oxygen atoms in total. The van der Waals surface area contributed by atoms with E-state index < -0.39 is 0 Å². The maximum Gasteiger partial charge on any atom is 0.261 e. The average molecular weight is 327 g/mol. The van der Waals surface area contributed by atoms with Crippen molar-refractivity contribution in [2.45, 2.75) is 25.3 Å². The molecular formula is C16H21N7O. The van der Waals surface area contributed by atoms with Gasteiger partial charge in [-0.15, -0.1) is 0 Å². The molecule has 2 aromatic rings. The highest BCUT2D eigenvalue weighted by molar-refractivity contribution is 6.06. The maximum absolute atomic E-state index is 12.3. The lowest BCUT2D eigenvalue weighted by atomic mass is 9.91. The third kappa shape index (κ3) is 3.60. The van der Waals surface area contributed by atoms with Gasteiger partial charge in [0, 0.05) is 31.0 Å². The number of pyridine rings is 1. The summed E-state index contributed by atoms with van der Waals surface area (Å²) >= 11 is 0. The highest BCUT2D eigenvalue weighted by Gasteiger charge is 2.27. The Kier molecular flexibility index (Phi) is 4.30. The van der Waals surface area contributed by atoms with Crippen LogP contribution in [0.15, 0.2) is 30.7 Å². The van der Waals surface area contributed by atoms with Crippen molar-refractivity contribution in [2.24, 2.45) is 5.73 Å². The summed E-state index contributed by atoms with van der Waals surface area (Å²) in [7, 11) is 0. The summed E-state index contributed by atoms with van der Waals surface area (Å²) in [5.74, 6) is 0.323. The van der Waals surface area contributed by atoms with E-state index in [0.717, 1.165) is 25.9 Å². The second-order valence-electron chi connectivity index (χ2n) is 6.31. The fourth-order valence-electron chi connectivity index (χ4n) is 2.57. The molecule has 0 aliphatic carbocycles. The summed E-state index contributed by atoms with van der Waals surface area (Å²) < 4.78 is 0. The minimum atomic E-state index is -0.361. The van der Waals surface area contributed by atoms with E-state index in [4.69, 9.17) is 11.5 Å². The van der Waals surface area contributed by atoms with Crippen molar-refractivity contribution in [1.29, 1.82) is 0 Å². The Hall–Kier alpha value is -2.74. The van der Waals surface area contributed by atoms with Gasteiger partial charge in [-0.05, 0) is 31.9 Å². The number of amides is 1. The molecule has 1 saturated heterocycles. The highest BCUT2D eigenvalue weighted by atomic mass is 16.1. The number of carbonyl (C=O) groups excluding carboxylic acids is 1. The topological polar surface area (TPSA) is 123 Å². The third-order valence-electron chi connectivity index (χ3n) is 4.16. The van der Waals surface area contributed by atoms with E-state index in [1.165, 1.54) is 6.20 Å². The molecule has 126 valence electrons. The lowest BCUT2D eigenvalue weighted by molar-refractivity contribution is 0.102. The molecule has 24 heavy (non-hydrogen) atoms. The largest absolute Gasteiger partial charge is 0.383 e. The van der Waals surface area contributed by atoms with Crippen LogP contribution in [0.1, 0.15) is 30.1 Å². The molecule has 1 aliphatic heterocycles. The minimum absolute atomic E-state index is 0.147. The first kappa shape index (κ1) is 16.1. The number of nitrogens with zero attached hydrogens (tertiary/aromatic N) is 4. The van der Waals surface area contributed by atoms with Crippen LogP contribution in [-0.2, 0) is 0 Å². The zero-order valence-corrected chi connectivity index (χ0v) is 13.6. The Morgan fingerprint density at radius 2 is 2.08 bits per heavy atom. The Labute approximate surface area is 140 Å². The second kappa shape index (κ2) is 6.40. The standard InChI is InChI=1S/C16H21N7O/c1-16(18)4-7-23(8-5-16)15-20-10-12(13(17)22-15)14(24)21-11-3-2-6-19-9-11/h2-3,6,9-10H,4-5,7-8,18H2,1H3,(H,21,24)(H2,17,20,22). The molecule has 0 bridgehead atoms. The molecule has 0 radical (unpaired) electrons. The van der Waals surface area contributed by atoms with Crippen LogP contribution >= 0.6 is 0 Å². The lowest BCUT2D eigenvalue weighted by Gasteiger charge is -2.36. The number of aromatic nitrogens is 3. The second-order valence-corrected chi connectivity index (χ2v) is 6.31. The zero-order valence-electron chi connectivity index (χ0n) is 13.6. The van der Waals surface area contributed by atoms with Crippen LogP contribution in [0.2, 0.25) is 0 Å². The molecule has 1 fully saturated rings. The predicted molar refractivity (Wildman–Crippen MR) is 92.7 cm³/mol. The summed E-state index contributed by atoms with van der Waals surface area (Å²) in [6.07, 6.45) is 6.37. The van der Waals surface area contributed by atoms with Gasteiger partial charge in [0.2, 0.25) is 5.95 Å². The van der Waals surface area contributed by atoms with E-state index in [1.54, 1.807) is 24.5 Å². The summed E-state index contributed by atoms with van der Waals surface area (Å²) in [6.45, 7) is 3.59. The fourth-order valence-corrected chi connectivity index (χ4v) is 2.57. The number of nitrogens with two attached hydrogens (primary N) is 2. The number of hydrogen-bond acceptors (Lipinski definition) is 7. The number of hydrogen-bond donors (Lipinski definition) is 3. The molecule has 5 N–H and O–H groups in total. The van der Waals surface area contributed by atoms with Crippen LogP contribution in [0.25, 0.3) is 0 Å². The first-order valence-electron chi connectivity index (χ1n) is 7.82. The van der Waals surface area contributed by atoms with Crippen molar-refractivity contribution in [2.75, 3.05) is 29.0 Å². The van der Waals surface area contributed by atoms with Crippen molar-refractivity contribution in [1.82, 2.24) is 15.0 Å². The SMILES string of the molecule is CC1(N)CCN(c2ncc(C(=O)Nc3cccnc3)c(N)n2)CC1. The van der Waals surface area contributed by atoms with Crippen LogP contribution in [0, 0.1) is 0 Å². The van der Waals surface area contributed by atoms with Crippen molar-refractivity contribution < 1.29 is 4.79 Å². The van der Waals surface area contributed by atoms with Crippen LogP contribution in [0.3, 0.4) is 0 Å². The average Bonchev–Trinajstić information content (AvgIpc) is 2.55. The Morgan fingerprint density at radius 1 is 1.33 bits per heavy atom. The van der Waals surface area contributed by atoms with Gasteiger partial charge < -0.3 is 21.7 Å². The van der Waals surface area contributed by atoms with E-state index in [0.29, 0.717) is 11.6 Å². The quantitative estimate of drug-likeness (QED) is 0.769. The van der Waals surface area contributed by atoms with Crippen LogP contribution in [0.4, 0.5) is 17.5 Å². The van der Waals surface area contributed by atoms with Gasteiger partial charge in [0.15, 0.2) is 0 Å². The normalized spacial score (nSPS) is 16.7. The number of carbonyl (C=O) groups is 1. The molecule has 0 saturated carbocycles. The van der Waals surface area contributed by atoms with Gasteiger partial charge in [-0.3, -0.25) is 9.78 Å². The smallest absolute Gasteiger partial charge is 0.261 e. The fraction of sp³-hybridized carbons (Fsp3) is 0.375. The van der Waals surface area contributed by atoms with Crippen molar-refractivity contribution >= 4 is 23.4 Å². The first-order valence-corrected chi connectivity index (χ1v) is 7.82. The Morgan fingerprint density at radius 3 is 2.71 bits per heavy atom. The molecule has 2 aromatic heterocycles. The summed E-state index contributed by atoms with van der Waals surface area (Å²) in [4.78, 5) is 26.8. The van der Waals surface area contributed by atoms with Gasteiger partial charge in [0.1, 0.15) is 11.4 Å². The molecule has 1 amide bonds. The number of piperidine rings is 1. The Balaban J connectivity index is 1.72. The number of nitrogen functional groups attached to an aromatic ring is 1. The molecule has 0 atom stereocenters.